The number of aliphatic hydroxyl groups is 1. The van der Waals surface area contributed by atoms with Crippen molar-refractivity contribution in [2.24, 2.45) is 58.2 Å². The lowest BCUT2D eigenvalue weighted by molar-refractivity contribution is 0.0971. The van der Waals surface area contributed by atoms with Gasteiger partial charge < -0.3 is 20.3 Å². The summed E-state index contributed by atoms with van der Waals surface area (Å²) in [6, 6.07) is 10.3. The van der Waals surface area contributed by atoms with Gasteiger partial charge in [0, 0.05) is 38.4 Å². The van der Waals surface area contributed by atoms with Crippen LogP contribution in [0.2, 0.25) is 0 Å². The number of ether oxygens (including phenoxy) is 2. The fourth-order valence-corrected chi connectivity index (χ4v) is 2.52. The molecule has 0 spiro atoms. The van der Waals surface area contributed by atoms with Crippen molar-refractivity contribution in [2.75, 3.05) is 52.0 Å². The van der Waals surface area contributed by atoms with E-state index >= 15 is 0 Å². The first-order chi connectivity index (χ1) is 23.7. The molecule has 0 saturated carbocycles. The van der Waals surface area contributed by atoms with Gasteiger partial charge in [0.15, 0.2) is 0 Å². The van der Waals surface area contributed by atoms with Gasteiger partial charge in [0.25, 0.3) is 0 Å². The zero-order valence-corrected chi connectivity index (χ0v) is 38.8. The molecule has 0 atom stereocenters. The van der Waals surface area contributed by atoms with E-state index in [0.29, 0.717) is 42.7 Å². The lowest BCUT2D eigenvalue weighted by Crippen LogP contribution is -2.05. The Labute approximate surface area is 326 Å². The molecule has 0 amide bonds. The van der Waals surface area contributed by atoms with Crippen molar-refractivity contribution in [1.82, 2.24) is 0 Å². The Balaban J connectivity index is -0.0000000892. The molecule has 0 aliphatic heterocycles. The number of hydrogen-bond donors (Lipinski definition) is 2. The second-order valence-corrected chi connectivity index (χ2v) is 16.6. The molecule has 0 heterocycles. The summed E-state index contributed by atoms with van der Waals surface area (Å²) in [5.41, 5.74) is 14.2. The number of hydrogen-bond acceptors (Lipinski definition) is 6. The summed E-state index contributed by atoms with van der Waals surface area (Å²) in [4.78, 5) is 2.60. The molecule has 1 rings (SSSR count). The van der Waals surface area contributed by atoms with Crippen molar-refractivity contribution in [3.63, 3.8) is 0 Å². The second-order valence-electron chi connectivity index (χ2n) is 15.7. The van der Waals surface area contributed by atoms with Crippen LogP contribution in [0.3, 0.4) is 0 Å². The van der Waals surface area contributed by atoms with Gasteiger partial charge in [-0.2, -0.15) is 11.8 Å². The summed E-state index contributed by atoms with van der Waals surface area (Å²) in [7, 11) is 1.72. The number of benzene rings is 1. The van der Waals surface area contributed by atoms with Crippen molar-refractivity contribution in [3.8, 4) is 0 Å². The highest BCUT2D eigenvalue weighted by Gasteiger charge is 1.94. The van der Waals surface area contributed by atoms with Gasteiger partial charge in [0.05, 0.1) is 6.61 Å². The molecule has 1 aromatic carbocycles. The number of azide groups is 1. The molecule has 0 aromatic heterocycles. The summed E-state index contributed by atoms with van der Waals surface area (Å²) in [5.74, 6) is 6.80. The van der Waals surface area contributed by atoms with E-state index in [-0.39, 0.29) is 0 Å². The minimum absolute atomic E-state index is 0.306. The Morgan fingerprint density at radius 2 is 1.08 bits per heavy atom. The number of thioether (sulfide) groups is 1. The quantitative estimate of drug-likeness (QED) is 0.112. The third-order valence-corrected chi connectivity index (χ3v) is 6.54. The van der Waals surface area contributed by atoms with E-state index in [0.717, 1.165) is 44.1 Å². The van der Waals surface area contributed by atoms with Crippen LogP contribution in [0.25, 0.3) is 10.4 Å². The molecule has 7 nitrogen and oxygen atoms in total. The van der Waals surface area contributed by atoms with Gasteiger partial charge in [-0.25, -0.2) is 0 Å². The minimum Gasteiger partial charge on any atom is -0.396 e. The molecule has 0 aliphatic rings. The van der Waals surface area contributed by atoms with Crippen molar-refractivity contribution in [2.45, 2.75) is 144 Å². The van der Waals surface area contributed by atoms with Crippen LogP contribution in [0.4, 0.5) is 0 Å². The number of aliphatic hydroxyl groups excluding tert-OH is 1. The Hall–Kier alpha value is -1.28. The van der Waals surface area contributed by atoms with Crippen LogP contribution in [0.1, 0.15) is 143 Å². The van der Waals surface area contributed by atoms with Gasteiger partial charge in [0.2, 0.25) is 0 Å². The van der Waals surface area contributed by atoms with E-state index < -0.39 is 0 Å². The average Bonchev–Trinajstić information content (AvgIpc) is 3.05. The molecule has 0 bridgehead atoms. The number of nitrogens with two attached hydrogens (primary N) is 1. The second kappa shape index (κ2) is 55.5. The van der Waals surface area contributed by atoms with Crippen LogP contribution in [-0.4, -0.2) is 57.1 Å². The Morgan fingerprint density at radius 1 is 0.686 bits per heavy atom. The molecular formula is C43H94N4O3S. The molecule has 0 unspecified atom stereocenters. The van der Waals surface area contributed by atoms with E-state index in [1.807, 2.05) is 57.7 Å². The summed E-state index contributed by atoms with van der Waals surface area (Å²) in [6.45, 7) is 42.7. The van der Waals surface area contributed by atoms with E-state index in [1.165, 1.54) is 24.2 Å². The minimum atomic E-state index is 0.306. The van der Waals surface area contributed by atoms with Crippen LogP contribution in [0, 0.1) is 47.3 Å². The maximum Gasteiger partial charge on any atom is 0.0717 e. The van der Waals surface area contributed by atoms with Crippen molar-refractivity contribution >= 4 is 11.8 Å². The van der Waals surface area contributed by atoms with Gasteiger partial charge in [-0.3, -0.25) is 0 Å². The van der Waals surface area contributed by atoms with Gasteiger partial charge in [-0.1, -0.05) is 173 Å². The number of rotatable bonds is 14. The normalized spacial score (nSPS) is 9.76. The van der Waals surface area contributed by atoms with Crippen LogP contribution in [0.15, 0.2) is 35.4 Å². The van der Waals surface area contributed by atoms with Crippen LogP contribution in [0.5, 0.6) is 0 Å². The highest BCUT2D eigenvalue weighted by molar-refractivity contribution is 7.98. The Morgan fingerprint density at radius 3 is 1.24 bits per heavy atom. The lowest BCUT2D eigenvalue weighted by Gasteiger charge is -2.05. The summed E-state index contributed by atoms with van der Waals surface area (Å²) in [5, 5.41) is 11.5. The summed E-state index contributed by atoms with van der Waals surface area (Å²) in [6.07, 6.45) is 4.75. The Kier molecular flexibility index (Phi) is 70.3. The van der Waals surface area contributed by atoms with Crippen LogP contribution < -0.4 is 5.73 Å². The predicted molar refractivity (Wildman–Crippen MR) is 236 cm³/mol. The van der Waals surface area contributed by atoms with E-state index in [2.05, 4.69) is 125 Å². The molecule has 0 aliphatic carbocycles. The summed E-state index contributed by atoms with van der Waals surface area (Å²) >= 11 is 1.91. The SMILES string of the molecule is CC(C)CN.CC(C)CN=[N+]=[N-].CC(C)CO.CC(C)COCc1ccccc1.CCC(C)C.CCC(C)C.COCC(C)C.CSCC(C)C. The van der Waals surface area contributed by atoms with Crippen molar-refractivity contribution < 1.29 is 14.6 Å². The molecule has 1 aromatic rings. The molecule has 0 fully saturated rings. The van der Waals surface area contributed by atoms with E-state index in [9.17, 15) is 0 Å². The third-order valence-electron chi connectivity index (χ3n) is 5.54. The fraction of sp³-hybridized carbons (Fsp3) is 0.860. The first-order valence-electron chi connectivity index (χ1n) is 19.6. The molecule has 8 heteroatoms. The molecule has 3 N–H and O–H groups in total. The maximum atomic E-state index is 8.14. The highest BCUT2D eigenvalue weighted by atomic mass is 32.2. The fourth-order valence-electron chi connectivity index (χ4n) is 1.85. The summed E-state index contributed by atoms with van der Waals surface area (Å²) < 4.78 is 10.3. The van der Waals surface area contributed by atoms with E-state index in [4.69, 9.17) is 25.8 Å². The van der Waals surface area contributed by atoms with Gasteiger partial charge in [0.1, 0.15) is 0 Å². The maximum absolute atomic E-state index is 8.14. The van der Waals surface area contributed by atoms with E-state index in [1.54, 1.807) is 7.11 Å². The van der Waals surface area contributed by atoms with Crippen molar-refractivity contribution in [1.29, 1.82) is 0 Å². The smallest absolute Gasteiger partial charge is 0.0717 e. The van der Waals surface area contributed by atoms with Gasteiger partial charge in [-0.05, 0) is 77.0 Å². The first-order valence-corrected chi connectivity index (χ1v) is 21.0. The molecule has 310 valence electrons. The molecule has 0 saturated heterocycles. The van der Waals surface area contributed by atoms with Crippen LogP contribution in [-0.2, 0) is 16.1 Å². The molecule has 51 heavy (non-hydrogen) atoms. The standard InChI is InChI=1S/C11H16O.C5H12O.C5H12S.2C5H12.C4H9N3.C4H11N.C4H10O/c1-10(2)8-12-9-11-6-4-3-5-7-11;2*1-5(2)4-6-3;2*1-4-5(2)3;1-4(2)3-6-7-5;2*1-4(2)3-5/h3-7,10H,8-9H2,1-2H3;2*5H,4H2,1-3H3;2*5H,4H2,1-3H3;4H,3H2,1-2H3;4H,3,5H2,1-2H3;4-5H,3H2,1-2H3. The largest absolute Gasteiger partial charge is 0.396 e. The van der Waals surface area contributed by atoms with Crippen LogP contribution >= 0.6 is 11.8 Å². The van der Waals surface area contributed by atoms with Gasteiger partial charge >= 0.3 is 0 Å². The highest BCUT2D eigenvalue weighted by Crippen LogP contribution is 2.02. The first kappa shape index (κ1) is 64.7. The average molecular weight is 747 g/mol. The lowest BCUT2D eigenvalue weighted by atomic mass is 10.2. The van der Waals surface area contributed by atoms with Gasteiger partial charge in [-0.15, -0.1) is 0 Å². The monoisotopic (exact) mass is 747 g/mol. The molecule has 0 radical (unpaired) electrons. The zero-order chi connectivity index (χ0) is 41.6. The Bertz CT molecular complexity index is 696. The zero-order valence-electron chi connectivity index (χ0n) is 38.0. The third kappa shape index (κ3) is 113. The topological polar surface area (TPSA) is 113 Å². The number of nitrogens with zero attached hydrogens (tertiary/aromatic N) is 3. The molecular weight excluding hydrogens is 653 g/mol. The number of methoxy groups -OCH3 is 1. The predicted octanol–water partition coefficient (Wildman–Crippen LogP) is 13.4. The van der Waals surface area contributed by atoms with Crippen molar-refractivity contribution in [3.05, 3.63) is 46.3 Å².